The minimum Gasteiger partial charge on any atom is -0.478 e. The molecule has 124 valence electrons. The van der Waals surface area contributed by atoms with Crippen molar-refractivity contribution in [3.05, 3.63) is 29.8 Å². The monoisotopic (exact) mass is 338 g/mol. The van der Waals surface area contributed by atoms with E-state index in [0.717, 1.165) is 12.8 Å². The van der Waals surface area contributed by atoms with Crippen molar-refractivity contribution in [3.8, 4) is 0 Å². The molecule has 1 heterocycles. The van der Waals surface area contributed by atoms with Gasteiger partial charge >= 0.3 is 5.97 Å². The lowest BCUT2D eigenvalue weighted by atomic mass is 10.2. The Morgan fingerprint density at radius 3 is 2.04 bits per heavy atom. The van der Waals surface area contributed by atoms with Gasteiger partial charge in [-0.2, -0.15) is 4.31 Å². The van der Waals surface area contributed by atoms with Gasteiger partial charge in [0.05, 0.1) is 10.5 Å². The molecule has 7 nitrogen and oxygen atoms in total. The van der Waals surface area contributed by atoms with Crippen LogP contribution in [-0.2, 0) is 14.8 Å². The van der Waals surface area contributed by atoms with Crippen LogP contribution in [0.15, 0.2) is 29.2 Å². The predicted octanol–water partition coefficient (Wildman–Crippen LogP) is 0.628. The van der Waals surface area contributed by atoms with Crippen LogP contribution in [0.1, 0.15) is 23.2 Å². The van der Waals surface area contributed by atoms with Crippen LogP contribution in [0.5, 0.6) is 0 Å². The molecule has 0 bridgehead atoms. The molecule has 2 fully saturated rings. The number of carbonyl (C=O) groups excluding carboxylic acids is 1. The van der Waals surface area contributed by atoms with E-state index >= 15 is 0 Å². The van der Waals surface area contributed by atoms with Gasteiger partial charge in [-0.05, 0) is 37.1 Å². The molecule has 1 amide bonds. The number of benzene rings is 1. The zero-order chi connectivity index (χ0) is 16.6. The SMILES string of the molecule is O=C(O)c1ccc(S(=O)(=O)N2CCN(C(=O)C3CC3)CC2)cc1. The first kappa shape index (κ1) is 15.9. The van der Waals surface area contributed by atoms with E-state index in [2.05, 4.69) is 0 Å². The van der Waals surface area contributed by atoms with E-state index in [9.17, 15) is 18.0 Å². The zero-order valence-corrected chi connectivity index (χ0v) is 13.3. The number of carbonyl (C=O) groups is 2. The molecule has 1 saturated carbocycles. The molecule has 0 spiro atoms. The van der Waals surface area contributed by atoms with Crippen molar-refractivity contribution in [2.75, 3.05) is 26.2 Å². The van der Waals surface area contributed by atoms with Crippen molar-refractivity contribution < 1.29 is 23.1 Å². The summed E-state index contributed by atoms with van der Waals surface area (Å²) in [5.74, 6) is -0.823. The molecule has 3 rings (SSSR count). The maximum atomic E-state index is 12.6. The van der Waals surface area contributed by atoms with Crippen LogP contribution < -0.4 is 0 Å². The minimum atomic E-state index is -3.66. The Kier molecular flexibility index (Phi) is 4.11. The highest BCUT2D eigenvalue weighted by atomic mass is 32.2. The number of aromatic carboxylic acids is 1. The number of sulfonamides is 1. The van der Waals surface area contributed by atoms with E-state index in [1.807, 2.05) is 0 Å². The van der Waals surface area contributed by atoms with Gasteiger partial charge in [0, 0.05) is 32.1 Å². The molecule has 1 aromatic carbocycles. The Labute approximate surface area is 134 Å². The van der Waals surface area contributed by atoms with Crippen LogP contribution in [0.3, 0.4) is 0 Å². The number of nitrogens with zero attached hydrogens (tertiary/aromatic N) is 2. The van der Waals surface area contributed by atoms with Gasteiger partial charge in [-0.1, -0.05) is 0 Å². The van der Waals surface area contributed by atoms with Crippen LogP contribution in [0.25, 0.3) is 0 Å². The number of piperazine rings is 1. The lowest BCUT2D eigenvalue weighted by molar-refractivity contribution is -0.133. The lowest BCUT2D eigenvalue weighted by Crippen LogP contribution is -2.50. The van der Waals surface area contributed by atoms with Crippen molar-refractivity contribution in [1.82, 2.24) is 9.21 Å². The molecular weight excluding hydrogens is 320 g/mol. The summed E-state index contributed by atoms with van der Waals surface area (Å²) in [4.78, 5) is 24.6. The summed E-state index contributed by atoms with van der Waals surface area (Å²) < 4.78 is 26.5. The normalized spacial score (nSPS) is 19.6. The molecule has 1 N–H and O–H groups in total. The van der Waals surface area contributed by atoms with Crippen molar-refractivity contribution in [3.63, 3.8) is 0 Å². The van der Waals surface area contributed by atoms with Crippen molar-refractivity contribution >= 4 is 21.9 Å². The maximum absolute atomic E-state index is 12.6. The van der Waals surface area contributed by atoms with E-state index in [0.29, 0.717) is 13.1 Å². The van der Waals surface area contributed by atoms with Gasteiger partial charge in [0.25, 0.3) is 0 Å². The first-order chi connectivity index (χ1) is 10.9. The molecule has 1 aliphatic heterocycles. The van der Waals surface area contributed by atoms with E-state index in [4.69, 9.17) is 5.11 Å². The molecule has 0 unspecified atom stereocenters. The number of carboxylic acid groups (broad SMARTS) is 1. The summed E-state index contributed by atoms with van der Waals surface area (Å²) >= 11 is 0. The summed E-state index contributed by atoms with van der Waals surface area (Å²) in [6.45, 7) is 1.34. The molecule has 2 aliphatic rings. The average Bonchev–Trinajstić information content (AvgIpc) is 3.39. The Morgan fingerprint density at radius 1 is 1.00 bits per heavy atom. The summed E-state index contributed by atoms with van der Waals surface area (Å²) in [6.07, 6.45) is 1.88. The zero-order valence-electron chi connectivity index (χ0n) is 12.5. The van der Waals surface area contributed by atoms with Crippen LogP contribution in [0.2, 0.25) is 0 Å². The maximum Gasteiger partial charge on any atom is 0.335 e. The number of hydrogen-bond acceptors (Lipinski definition) is 4. The fourth-order valence-electron chi connectivity index (χ4n) is 2.66. The van der Waals surface area contributed by atoms with Gasteiger partial charge < -0.3 is 10.0 Å². The van der Waals surface area contributed by atoms with Gasteiger partial charge in [0.15, 0.2) is 0 Å². The van der Waals surface area contributed by atoms with Crippen LogP contribution >= 0.6 is 0 Å². The van der Waals surface area contributed by atoms with Gasteiger partial charge in [0.1, 0.15) is 0 Å². The van der Waals surface area contributed by atoms with E-state index < -0.39 is 16.0 Å². The van der Waals surface area contributed by atoms with Crippen LogP contribution in [0, 0.1) is 5.92 Å². The van der Waals surface area contributed by atoms with Gasteiger partial charge in [0.2, 0.25) is 15.9 Å². The number of amides is 1. The standard InChI is InChI=1S/C15H18N2O5S/c18-14(11-1-2-11)16-7-9-17(10-8-16)23(21,22)13-5-3-12(4-6-13)15(19)20/h3-6,11H,1-2,7-10H2,(H,19,20). The van der Waals surface area contributed by atoms with Crippen molar-refractivity contribution in [1.29, 1.82) is 0 Å². The molecule has 0 aromatic heterocycles. The number of hydrogen-bond donors (Lipinski definition) is 1. The van der Waals surface area contributed by atoms with Gasteiger partial charge in [-0.15, -0.1) is 0 Å². The molecule has 8 heteroatoms. The first-order valence-electron chi connectivity index (χ1n) is 7.52. The van der Waals surface area contributed by atoms with E-state index in [1.165, 1.54) is 28.6 Å². The third-order valence-corrected chi connectivity index (χ3v) is 6.13. The Hall–Kier alpha value is -1.93. The largest absolute Gasteiger partial charge is 0.478 e. The molecule has 23 heavy (non-hydrogen) atoms. The molecule has 0 atom stereocenters. The second-order valence-electron chi connectivity index (χ2n) is 5.83. The smallest absolute Gasteiger partial charge is 0.335 e. The van der Waals surface area contributed by atoms with Crippen molar-refractivity contribution in [2.45, 2.75) is 17.7 Å². The van der Waals surface area contributed by atoms with Gasteiger partial charge in [-0.3, -0.25) is 4.79 Å². The number of rotatable bonds is 4. The van der Waals surface area contributed by atoms with Crippen molar-refractivity contribution in [2.24, 2.45) is 5.92 Å². The molecular formula is C15H18N2O5S. The second kappa shape index (κ2) is 5.93. The predicted molar refractivity (Wildman–Crippen MR) is 81.5 cm³/mol. The highest BCUT2D eigenvalue weighted by molar-refractivity contribution is 7.89. The first-order valence-corrected chi connectivity index (χ1v) is 8.96. The lowest BCUT2D eigenvalue weighted by Gasteiger charge is -2.34. The highest BCUT2D eigenvalue weighted by Gasteiger charge is 2.36. The fourth-order valence-corrected chi connectivity index (χ4v) is 4.08. The van der Waals surface area contributed by atoms with E-state index in [-0.39, 0.29) is 35.4 Å². The molecule has 1 aromatic rings. The highest BCUT2D eigenvalue weighted by Crippen LogP contribution is 2.31. The molecule has 1 saturated heterocycles. The Morgan fingerprint density at radius 2 is 1.57 bits per heavy atom. The van der Waals surface area contributed by atoms with Crippen LogP contribution in [0.4, 0.5) is 0 Å². The van der Waals surface area contributed by atoms with Gasteiger partial charge in [-0.25, -0.2) is 13.2 Å². The summed E-state index contributed by atoms with van der Waals surface area (Å²) in [5.41, 5.74) is 0.0452. The molecule has 0 radical (unpaired) electrons. The minimum absolute atomic E-state index is 0.0452. The quantitative estimate of drug-likeness (QED) is 0.869. The number of carboxylic acids is 1. The Balaban J connectivity index is 1.68. The van der Waals surface area contributed by atoms with Crippen LogP contribution in [-0.4, -0.2) is 60.8 Å². The summed E-state index contributed by atoms with van der Waals surface area (Å²) in [6, 6.07) is 5.17. The van der Waals surface area contributed by atoms with E-state index in [1.54, 1.807) is 4.90 Å². The third kappa shape index (κ3) is 3.23. The summed E-state index contributed by atoms with van der Waals surface area (Å²) in [7, 11) is -3.66. The summed E-state index contributed by atoms with van der Waals surface area (Å²) in [5, 5.41) is 8.86. The fraction of sp³-hybridized carbons (Fsp3) is 0.467. The average molecular weight is 338 g/mol. The second-order valence-corrected chi connectivity index (χ2v) is 7.77. The topological polar surface area (TPSA) is 95.0 Å². The third-order valence-electron chi connectivity index (χ3n) is 4.22. The Bertz CT molecular complexity index is 717. The molecule has 1 aliphatic carbocycles.